The maximum absolute atomic E-state index is 10.9. The number of ether oxygens (including phenoxy) is 2. The van der Waals surface area contributed by atoms with Gasteiger partial charge in [-0.3, -0.25) is 4.79 Å². The quantitative estimate of drug-likeness (QED) is 0.529. The van der Waals surface area contributed by atoms with E-state index < -0.39 is 24.0 Å². The van der Waals surface area contributed by atoms with E-state index in [0.29, 0.717) is 0 Å². The molecule has 1 atom stereocenters. The molecular weight excluding hydrogens is 164 g/mol. The summed E-state index contributed by atoms with van der Waals surface area (Å²) >= 11 is 0. The number of Topliss-reactive ketones (excluding diaryl/α,β-unsaturated/α-hetero) is 1. The van der Waals surface area contributed by atoms with E-state index in [9.17, 15) is 4.79 Å². The number of aliphatic hydroxyl groups excluding tert-OH is 1. The Kier molecular flexibility index (Phi) is 2.48. The van der Waals surface area contributed by atoms with Gasteiger partial charge in [0.1, 0.15) is 6.10 Å². The van der Waals surface area contributed by atoms with Crippen molar-refractivity contribution in [3.8, 4) is 0 Å². The highest BCUT2D eigenvalue weighted by atomic mass is 16.7. The van der Waals surface area contributed by atoms with Gasteiger partial charge in [0.25, 0.3) is 0 Å². The fourth-order valence-electron chi connectivity index (χ4n) is 0.993. The van der Waals surface area contributed by atoms with Gasteiger partial charge < -0.3 is 19.7 Å². The van der Waals surface area contributed by atoms with Gasteiger partial charge >= 0.3 is 0 Å². The molecule has 1 aliphatic heterocycles. The average molecular weight is 176 g/mol. The molecular formula is C7H12O5. The Hall–Kier alpha value is -0.490. The minimum Gasteiger partial charge on any atom is -0.362 e. The second-order valence-electron chi connectivity index (χ2n) is 3.09. The number of carbonyl (C=O) groups is 1. The minimum atomic E-state index is -1.98. The van der Waals surface area contributed by atoms with Crippen molar-refractivity contribution in [2.75, 3.05) is 6.61 Å². The van der Waals surface area contributed by atoms with Gasteiger partial charge in [-0.05, 0) is 13.8 Å². The first-order valence-corrected chi connectivity index (χ1v) is 3.64. The Morgan fingerprint density at radius 2 is 2.17 bits per heavy atom. The maximum Gasteiger partial charge on any atom is 0.219 e. The first-order valence-electron chi connectivity index (χ1n) is 3.64. The van der Waals surface area contributed by atoms with Crippen molar-refractivity contribution in [1.82, 2.24) is 0 Å². The molecule has 1 rings (SSSR count). The molecule has 1 aliphatic rings. The second kappa shape index (κ2) is 3.10. The van der Waals surface area contributed by atoms with Crippen LogP contribution in [0.2, 0.25) is 0 Å². The maximum atomic E-state index is 10.9. The molecule has 1 fully saturated rings. The molecule has 0 aromatic heterocycles. The number of carbonyl (C=O) groups excluding carboxylic acids is 1. The van der Waals surface area contributed by atoms with Gasteiger partial charge in [-0.15, -0.1) is 0 Å². The third kappa shape index (κ3) is 2.01. The number of aliphatic hydroxyl groups is 2. The Bertz CT molecular complexity index is 186. The van der Waals surface area contributed by atoms with Gasteiger partial charge in [-0.1, -0.05) is 0 Å². The van der Waals surface area contributed by atoms with Gasteiger partial charge in [0.15, 0.2) is 5.79 Å². The molecule has 0 radical (unpaired) electrons. The van der Waals surface area contributed by atoms with Crippen LogP contribution in [0.15, 0.2) is 0 Å². The van der Waals surface area contributed by atoms with Crippen molar-refractivity contribution in [3.63, 3.8) is 0 Å². The average Bonchev–Trinajstić information content (AvgIpc) is 2.28. The molecule has 70 valence electrons. The molecule has 0 unspecified atom stereocenters. The zero-order valence-corrected chi connectivity index (χ0v) is 6.98. The zero-order valence-electron chi connectivity index (χ0n) is 6.98. The van der Waals surface area contributed by atoms with Gasteiger partial charge in [0.05, 0.1) is 6.61 Å². The summed E-state index contributed by atoms with van der Waals surface area (Å²) in [6.45, 7) is 3.39. The van der Waals surface area contributed by atoms with Gasteiger partial charge in [-0.2, -0.15) is 0 Å². The summed E-state index contributed by atoms with van der Waals surface area (Å²) in [5, 5.41) is 17.0. The van der Waals surface area contributed by atoms with E-state index >= 15 is 0 Å². The summed E-state index contributed by atoms with van der Waals surface area (Å²) < 4.78 is 10.1. The number of ketones is 1. The van der Waals surface area contributed by atoms with Gasteiger partial charge in [0.2, 0.25) is 12.1 Å². The lowest BCUT2D eigenvalue weighted by molar-refractivity contribution is -0.168. The van der Waals surface area contributed by atoms with Crippen LogP contribution in [0.3, 0.4) is 0 Å². The SMILES string of the molecule is CC1(C)OC[C@H](C(=O)C(O)O)O1. The first-order chi connectivity index (χ1) is 5.42. The predicted molar refractivity (Wildman–Crippen MR) is 38.1 cm³/mol. The topological polar surface area (TPSA) is 76.0 Å². The molecule has 2 N–H and O–H groups in total. The summed E-state index contributed by atoms with van der Waals surface area (Å²) in [7, 11) is 0. The molecule has 0 aromatic rings. The van der Waals surface area contributed by atoms with E-state index in [0.717, 1.165) is 0 Å². The van der Waals surface area contributed by atoms with Crippen LogP contribution < -0.4 is 0 Å². The molecule has 5 nitrogen and oxygen atoms in total. The van der Waals surface area contributed by atoms with E-state index in [1.165, 1.54) is 0 Å². The van der Waals surface area contributed by atoms with Crippen molar-refractivity contribution in [2.24, 2.45) is 0 Å². The van der Waals surface area contributed by atoms with Crippen molar-refractivity contribution in [2.45, 2.75) is 32.0 Å². The van der Waals surface area contributed by atoms with E-state index in [1.54, 1.807) is 13.8 Å². The Morgan fingerprint density at radius 3 is 2.50 bits per heavy atom. The van der Waals surface area contributed by atoms with Gasteiger partial charge in [-0.25, -0.2) is 0 Å². The summed E-state index contributed by atoms with van der Waals surface area (Å²) in [5.41, 5.74) is 0. The Labute approximate surface area is 69.9 Å². The standard InChI is InChI=1S/C7H12O5/c1-7(2)11-3-4(12-7)5(8)6(9)10/h4,6,9-10H,3H2,1-2H3/t4-/m1/s1. The highest BCUT2D eigenvalue weighted by molar-refractivity contribution is 5.86. The number of hydrogen-bond acceptors (Lipinski definition) is 5. The molecule has 0 aliphatic carbocycles. The monoisotopic (exact) mass is 176 g/mol. The highest BCUT2D eigenvalue weighted by Gasteiger charge is 2.38. The predicted octanol–water partition coefficient (Wildman–Crippen LogP) is -0.982. The Morgan fingerprint density at radius 1 is 1.58 bits per heavy atom. The molecule has 1 heterocycles. The van der Waals surface area contributed by atoms with Crippen LogP contribution in [0, 0.1) is 0 Å². The fourth-order valence-corrected chi connectivity index (χ4v) is 0.993. The van der Waals surface area contributed by atoms with Crippen molar-refractivity contribution >= 4 is 5.78 Å². The molecule has 0 bridgehead atoms. The third-order valence-electron chi connectivity index (χ3n) is 1.58. The molecule has 0 aromatic carbocycles. The van der Waals surface area contributed by atoms with Crippen LogP contribution in [0.25, 0.3) is 0 Å². The number of rotatable bonds is 2. The van der Waals surface area contributed by atoms with Crippen molar-refractivity contribution in [3.05, 3.63) is 0 Å². The van der Waals surface area contributed by atoms with Crippen molar-refractivity contribution < 1.29 is 24.5 Å². The van der Waals surface area contributed by atoms with Crippen LogP contribution in [-0.2, 0) is 14.3 Å². The van der Waals surface area contributed by atoms with E-state index in [1.807, 2.05) is 0 Å². The summed E-state index contributed by atoms with van der Waals surface area (Å²) in [6, 6.07) is 0. The molecule has 12 heavy (non-hydrogen) atoms. The molecule has 1 saturated heterocycles. The Balaban J connectivity index is 2.53. The third-order valence-corrected chi connectivity index (χ3v) is 1.58. The van der Waals surface area contributed by atoms with Crippen LogP contribution in [0.5, 0.6) is 0 Å². The van der Waals surface area contributed by atoms with E-state index in [4.69, 9.17) is 19.7 Å². The second-order valence-corrected chi connectivity index (χ2v) is 3.09. The van der Waals surface area contributed by atoms with Crippen LogP contribution in [-0.4, -0.2) is 40.8 Å². The van der Waals surface area contributed by atoms with Crippen molar-refractivity contribution in [1.29, 1.82) is 0 Å². The summed E-state index contributed by atoms with van der Waals surface area (Å²) in [4.78, 5) is 10.9. The lowest BCUT2D eigenvalue weighted by Crippen LogP contribution is -2.34. The fraction of sp³-hybridized carbons (Fsp3) is 0.857. The molecule has 5 heteroatoms. The highest BCUT2D eigenvalue weighted by Crippen LogP contribution is 2.22. The van der Waals surface area contributed by atoms with E-state index in [-0.39, 0.29) is 6.61 Å². The summed E-state index contributed by atoms with van der Waals surface area (Å²) in [6.07, 6.45) is -2.84. The molecule has 0 spiro atoms. The molecule has 0 amide bonds. The van der Waals surface area contributed by atoms with Crippen LogP contribution in [0.1, 0.15) is 13.8 Å². The van der Waals surface area contributed by atoms with Gasteiger partial charge in [0, 0.05) is 0 Å². The minimum absolute atomic E-state index is 0.0729. The van der Waals surface area contributed by atoms with Crippen LogP contribution in [0.4, 0.5) is 0 Å². The van der Waals surface area contributed by atoms with Crippen LogP contribution >= 0.6 is 0 Å². The number of hydrogen-bond donors (Lipinski definition) is 2. The summed E-state index contributed by atoms with van der Waals surface area (Å²) in [5.74, 6) is -1.57. The van der Waals surface area contributed by atoms with E-state index in [2.05, 4.69) is 0 Å². The lowest BCUT2D eigenvalue weighted by Gasteiger charge is -2.16. The first kappa shape index (κ1) is 9.60. The largest absolute Gasteiger partial charge is 0.362 e. The normalized spacial score (nSPS) is 27.9. The zero-order chi connectivity index (χ0) is 9.35. The smallest absolute Gasteiger partial charge is 0.219 e. The lowest BCUT2D eigenvalue weighted by atomic mass is 10.2. The molecule has 0 saturated carbocycles.